The molecular weight excluding hydrogens is 220 g/mol. The molecule has 16 heavy (non-hydrogen) atoms. The first-order valence-corrected chi connectivity index (χ1v) is 4.49. The highest BCUT2D eigenvalue weighted by molar-refractivity contribution is 5.75. The van der Waals surface area contributed by atoms with Gasteiger partial charge in [0.25, 0.3) is 0 Å². The summed E-state index contributed by atoms with van der Waals surface area (Å²) in [6.07, 6.45) is 0. The number of carboxylic acid groups (broad SMARTS) is 1. The molecule has 1 aromatic rings. The van der Waals surface area contributed by atoms with E-state index in [-0.39, 0.29) is 5.75 Å². The number of hydrogen-bond acceptors (Lipinski definition) is 3. The molecule has 2 N–H and O–H groups in total. The SMILES string of the molecule is CNC(C(=O)O)c1ccc(OC(F)F)cc1. The van der Waals surface area contributed by atoms with E-state index < -0.39 is 18.6 Å². The van der Waals surface area contributed by atoms with Crippen LogP contribution >= 0.6 is 0 Å². The summed E-state index contributed by atoms with van der Waals surface area (Å²) in [7, 11) is 1.50. The number of aliphatic carboxylic acids is 1. The lowest BCUT2D eigenvalue weighted by atomic mass is 10.1. The van der Waals surface area contributed by atoms with Crippen molar-refractivity contribution in [3.8, 4) is 5.75 Å². The quantitative estimate of drug-likeness (QED) is 0.808. The Hall–Kier alpha value is -1.69. The lowest BCUT2D eigenvalue weighted by Crippen LogP contribution is -2.24. The van der Waals surface area contributed by atoms with Crippen molar-refractivity contribution in [3.05, 3.63) is 29.8 Å². The predicted molar refractivity (Wildman–Crippen MR) is 52.5 cm³/mol. The summed E-state index contributed by atoms with van der Waals surface area (Å²) in [6.45, 7) is -2.88. The maximum Gasteiger partial charge on any atom is 0.387 e. The van der Waals surface area contributed by atoms with E-state index in [1.54, 1.807) is 0 Å². The van der Waals surface area contributed by atoms with Gasteiger partial charge >= 0.3 is 12.6 Å². The number of alkyl halides is 2. The van der Waals surface area contributed by atoms with Crippen LogP contribution in [0, 0.1) is 0 Å². The van der Waals surface area contributed by atoms with Crippen LogP contribution in [0.15, 0.2) is 24.3 Å². The van der Waals surface area contributed by atoms with Crippen LogP contribution in [-0.4, -0.2) is 24.7 Å². The van der Waals surface area contributed by atoms with Crippen molar-refractivity contribution in [3.63, 3.8) is 0 Å². The van der Waals surface area contributed by atoms with Crippen molar-refractivity contribution < 1.29 is 23.4 Å². The molecule has 0 spiro atoms. The van der Waals surface area contributed by atoms with Crippen LogP contribution in [0.4, 0.5) is 8.78 Å². The molecular formula is C10H11F2NO3. The van der Waals surface area contributed by atoms with Crippen LogP contribution < -0.4 is 10.1 Å². The number of rotatable bonds is 5. The summed E-state index contributed by atoms with van der Waals surface area (Å²) in [5.41, 5.74) is 0.469. The fourth-order valence-corrected chi connectivity index (χ4v) is 1.27. The maximum atomic E-state index is 11.8. The molecule has 0 aromatic heterocycles. The van der Waals surface area contributed by atoms with E-state index >= 15 is 0 Å². The molecule has 1 unspecified atom stereocenters. The number of benzene rings is 1. The summed E-state index contributed by atoms with van der Waals surface area (Å²) < 4.78 is 27.8. The molecule has 1 atom stereocenters. The largest absolute Gasteiger partial charge is 0.480 e. The zero-order chi connectivity index (χ0) is 12.1. The van der Waals surface area contributed by atoms with Crippen molar-refractivity contribution in [2.45, 2.75) is 12.7 Å². The van der Waals surface area contributed by atoms with E-state index in [0.717, 1.165) is 0 Å². The average Bonchev–Trinajstić information content (AvgIpc) is 2.20. The highest BCUT2D eigenvalue weighted by atomic mass is 19.3. The maximum absolute atomic E-state index is 11.8. The Morgan fingerprint density at radius 3 is 2.31 bits per heavy atom. The van der Waals surface area contributed by atoms with Gasteiger partial charge < -0.3 is 15.2 Å². The van der Waals surface area contributed by atoms with Crippen LogP contribution in [-0.2, 0) is 4.79 Å². The second-order valence-electron chi connectivity index (χ2n) is 3.01. The average molecular weight is 231 g/mol. The molecule has 0 heterocycles. The molecule has 0 saturated heterocycles. The highest BCUT2D eigenvalue weighted by Crippen LogP contribution is 2.19. The molecule has 6 heteroatoms. The van der Waals surface area contributed by atoms with E-state index in [1.165, 1.54) is 31.3 Å². The second-order valence-corrected chi connectivity index (χ2v) is 3.01. The topological polar surface area (TPSA) is 58.6 Å². The minimum absolute atomic E-state index is 0.000933. The molecule has 0 aliphatic rings. The minimum atomic E-state index is -2.88. The van der Waals surface area contributed by atoms with Crippen LogP contribution in [0.3, 0.4) is 0 Å². The predicted octanol–water partition coefficient (Wildman–Crippen LogP) is 1.63. The molecule has 0 bridgehead atoms. The van der Waals surface area contributed by atoms with Gasteiger partial charge in [0.15, 0.2) is 0 Å². The van der Waals surface area contributed by atoms with E-state index in [2.05, 4.69) is 10.1 Å². The number of carboxylic acids is 1. The molecule has 0 aliphatic heterocycles. The standard InChI is InChI=1S/C10H11F2NO3/c1-13-8(9(14)15)6-2-4-7(5-3-6)16-10(11)12/h2-5,8,10,13H,1H3,(H,14,15). The number of likely N-dealkylation sites (N-methyl/N-ethyl adjacent to an activating group) is 1. The lowest BCUT2D eigenvalue weighted by molar-refractivity contribution is -0.139. The monoisotopic (exact) mass is 231 g/mol. The van der Waals surface area contributed by atoms with Crippen molar-refractivity contribution in [1.82, 2.24) is 5.32 Å². The number of nitrogens with one attached hydrogen (secondary N) is 1. The van der Waals surface area contributed by atoms with E-state index in [1.807, 2.05) is 0 Å². The molecule has 1 rings (SSSR count). The summed E-state index contributed by atoms with van der Waals surface area (Å²) >= 11 is 0. The smallest absolute Gasteiger partial charge is 0.387 e. The van der Waals surface area contributed by atoms with Crippen LogP contribution in [0.5, 0.6) is 5.75 Å². The van der Waals surface area contributed by atoms with Crippen molar-refractivity contribution in [2.75, 3.05) is 7.05 Å². The fourth-order valence-electron chi connectivity index (χ4n) is 1.27. The van der Waals surface area contributed by atoms with E-state index in [4.69, 9.17) is 5.11 Å². The zero-order valence-corrected chi connectivity index (χ0v) is 8.48. The molecule has 4 nitrogen and oxygen atoms in total. The van der Waals surface area contributed by atoms with Gasteiger partial charge in [-0.15, -0.1) is 0 Å². The first-order valence-electron chi connectivity index (χ1n) is 4.49. The zero-order valence-electron chi connectivity index (χ0n) is 8.48. The van der Waals surface area contributed by atoms with Gasteiger partial charge in [0, 0.05) is 0 Å². The number of hydrogen-bond donors (Lipinski definition) is 2. The minimum Gasteiger partial charge on any atom is -0.480 e. The summed E-state index contributed by atoms with van der Waals surface area (Å²) in [6, 6.07) is 4.59. The normalized spacial score (nSPS) is 12.5. The Labute approximate surface area is 90.8 Å². The first-order chi connectivity index (χ1) is 7.54. The molecule has 1 aromatic carbocycles. The summed E-state index contributed by atoms with van der Waals surface area (Å²) in [4.78, 5) is 10.8. The van der Waals surface area contributed by atoms with Gasteiger partial charge in [-0.3, -0.25) is 4.79 Å². The van der Waals surface area contributed by atoms with Gasteiger partial charge in [-0.25, -0.2) is 0 Å². The Balaban J connectivity index is 2.81. The van der Waals surface area contributed by atoms with Gasteiger partial charge in [0.2, 0.25) is 0 Å². The Kier molecular flexibility index (Phi) is 4.19. The third-order valence-electron chi connectivity index (χ3n) is 1.97. The van der Waals surface area contributed by atoms with Gasteiger partial charge in [-0.2, -0.15) is 8.78 Å². The first kappa shape index (κ1) is 12.4. The van der Waals surface area contributed by atoms with Crippen LogP contribution in [0.2, 0.25) is 0 Å². The molecule has 0 radical (unpaired) electrons. The van der Waals surface area contributed by atoms with Gasteiger partial charge in [0.05, 0.1) is 0 Å². The van der Waals surface area contributed by atoms with E-state index in [9.17, 15) is 13.6 Å². The van der Waals surface area contributed by atoms with Crippen molar-refractivity contribution in [1.29, 1.82) is 0 Å². The van der Waals surface area contributed by atoms with Gasteiger partial charge in [-0.1, -0.05) is 12.1 Å². The van der Waals surface area contributed by atoms with Crippen molar-refractivity contribution >= 4 is 5.97 Å². The third-order valence-corrected chi connectivity index (χ3v) is 1.97. The summed E-state index contributed by atoms with van der Waals surface area (Å²) in [5, 5.41) is 11.4. The number of halogens is 2. The molecule has 88 valence electrons. The fraction of sp³-hybridized carbons (Fsp3) is 0.300. The highest BCUT2D eigenvalue weighted by Gasteiger charge is 2.17. The van der Waals surface area contributed by atoms with E-state index in [0.29, 0.717) is 5.56 Å². The Bertz CT molecular complexity index is 354. The second kappa shape index (κ2) is 5.41. The van der Waals surface area contributed by atoms with Crippen LogP contribution in [0.1, 0.15) is 11.6 Å². The van der Waals surface area contributed by atoms with Gasteiger partial charge in [0.1, 0.15) is 11.8 Å². The van der Waals surface area contributed by atoms with Crippen LogP contribution in [0.25, 0.3) is 0 Å². The molecule has 0 aliphatic carbocycles. The third kappa shape index (κ3) is 3.16. The Morgan fingerprint density at radius 2 is 1.94 bits per heavy atom. The Morgan fingerprint density at radius 1 is 1.38 bits per heavy atom. The lowest BCUT2D eigenvalue weighted by Gasteiger charge is -2.12. The van der Waals surface area contributed by atoms with Gasteiger partial charge in [-0.05, 0) is 24.7 Å². The molecule has 0 saturated carbocycles. The number of ether oxygens (including phenoxy) is 1. The molecule has 0 fully saturated rings. The summed E-state index contributed by atoms with van der Waals surface area (Å²) in [5.74, 6) is -1.04. The van der Waals surface area contributed by atoms with Crippen molar-refractivity contribution in [2.24, 2.45) is 0 Å². The number of carbonyl (C=O) groups is 1. The molecule has 0 amide bonds.